The lowest BCUT2D eigenvalue weighted by Crippen LogP contribution is -2.54. The van der Waals surface area contributed by atoms with Gasteiger partial charge in [0.2, 0.25) is 0 Å². The van der Waals surface area contributed by atoms with Crippen LogP contribution in [0.5, 0.6) is 0 Å². The average molecular weight is 340 g/mol. The Labute approximate surface area is 131 Å². The molecular weight excluding hydrogens is 314 g/mol. The minimum atomic E-state index is 0.541. The predicted octanol–water partition coefficient (Wildman–Crippen LogP) is 2.39. The lowest BCUT2D eigenvalue weighted by molar-refractivity contribution is 0.113. The van der Waals surface area contributed by atoms with Crippen molar-refractivity contribution in [2.75, 3.05) is 46.8 Å². The van der Waals surface area contributed by atoms with Crippen molar-refractivity contribution >= 4 is 15.9 Å². The van der Waals surface area contributed by atoms with Crippen LogP contribution in [0, 0.1) is 0 Å². The zero-order chi connectivity index (χ0) is 14.5. The molecule has 0 bridgehead atoms. The van der Waals surface area contributed by atoms with Crippen LogP contribution in [0.1, 0.15) is 18.4 Å². The van der Waals surface area contributed by atoms with E-state index in [1.54, 1.807) is 0 Å². The highest BCUT2D eigenvalue weighted by Crippen LogP contribution is 2.19. The molecule has 1 aliphatic heterocycles. The van der Waals surface area contributed by atoms with E-state index in [1.165, 1.54) is 18.7 Å². The van der Waals surface area contributed by atoms with Crippen molar-refractivity contribution in [3.63, 3.8) is 0 Å². The molecule has 0 radical (unpaired) electrons. The molecule has 1 aromatic carbocycles. The first-order valence-electron chi connectivity index (χ1n) is 7.41. The molecule has 20 heavy (non-hydrogen) atoms. The molecular formula is C16H26BrN3. The summed E-state index contributed by atoms with van der Waals surface area (Å²) in [4.78, 5) is 4.89. The summed E-state index contributed by atoms with van der Waals surface area (Å²) in [6.45, 7) is 7.90. The topological polar surface area (TPSA) is 18.5 Å². The Balaban J connectivity index is 1.77. The van der Waals surface area contributed by atoms with Gasteiger partial charge in [0.1, 0.15) is 0 Å². The van der Waals surface area contributed by atoms with Crippen molar-refractivity contribution in [2.24, 2.45) is 0 Å². The quantitative estimate of drug-likeness (QED) is 0.888. The third-order valence-electron chi connectivity index (χ3n) is 4.23. The smallest absolute Gasteiger partial charge is 0.0345 e. The Morgan fingerprint density at radius 2 is 2.15 bits per heavy atom. The predicted molar refractivity (Wildman–Crippen MR) is 89.3 cm³/mol. The van der Waals surface area contributed by atoms with Crippen LogP contribution in [0.15, 0.2) is 28.7 Å². The van der Waals surface area contributed by atoms with E-state index in [0.29, 0.717) is 12.0 Å². The van der Waals surface area contributed by atoms with E-state index in [2.05, 4.69) is 76.3 Å². The van der Waals surface area contributed by atoms with Crippen LogP contribution in [0.4, 0.5) is 0 Å². The summed E-state index contributed by atoms with van der Waals surface area (Å²) < 4.78 is 1.16. The normalized spacial score (nSPS) is 22.9. The standard InChI is InChI=1S/C16H26BrN3/c1-13(14-5-4-6-15(17)9-14)10-18-11-16-12-19(2)7-8-20(16)3/h4-6,9,13,16,18H,7-8,10-12H2,1-3H3/t13-,16-/m1/s1. The van der Waals surface area contributed by atoms with Crippen molar-refractivity contribution in [2.45, 2.75) is 18.9 Å². The van der Waals surface area contributed by atoms with Gasteiger partial charge in [-0.1, -0.05) is 35.0 Å². The van der Waals surface area contributed by atoms with Crippen LogP contribution in [0.2, 0.25) is 0 Å². The third-order valence-corrected chi connectivity index (χ3v) is 4.72. The Kier molecular flexibility index (Phi) is 6.02. The van der Waals surface area contributed by atoms with E-state index in [-0.39, 0.29) is 0 Å². The highest BCUT2D eigenvalue weighted by Gasteiger charge is 2.21. The van der Waals surface area contributed by atoms with Gasteiger partial charge < -0.3 is 10.2 Å². The van der Waals surface area contributed by atoms with E-state index in [1.807, 2.05) is 0 Å². The number of halogens is 1. The fourth-order valence-corrected chi connectivity index (χ4v) is 3.14. The number of rotatable bonds is 5. The van der Waals surface area contributed by atoms with Gasteiger partial charge in [-0.25, -0.2) is 0 Å². The molecule has 112 valence electrons. The van der Waals surface area contributed by atoms with Crippen LogP contribution in [0.25, 0.3) is 0 Å². The zero-order valence-electron chi connectivity index (χ0n) is 12.8. The van der Waals surface area contributed by atoms with E-state index in [4.69, 9.17) is 0 Å². The number of benzene rings is 1. The molecule has 2 rings (SSSR count). The maximum absolute atomic E-state index is 3.64. The molecule has 1 N–H and O–H groups in total. The van der Waals surface area contributed by atoms with Gasteiger partial charge in [-0.05, 0) is 37.7 Å². The van der Waals surface area contributed by atoms with Crippen molar-refractivity contribution in [1.82, 2.24) is 15.1 Å². The second-order valence-corrected chi connectivity index (χ2v) is 6.93. The number of nitrogens with zero attached hydrogens (tertiary/aromatic N) is 2. The summed E-state index contributed by atoms with van der Waals surface area (Å²) in [5.74, 6) is 0.541. The van der Waals surface area contributed by atoms with Crippen molar-refractivity contribution in [3.05, 3.63) is 34.3 Å². The molecule has 3 nitrogen and oxygen atoms in total. The molecule has 0 aromatic heterocycles. The van der Waals surface area contributed by atoms with Gasteiger partial charge in [0.25, 0.3) is 0 Å². The van der Waals surface area contributed by atoms with Gasteiger partial charge in [-0.15, -0.1) is 0 Å². The number of nitrogens with one attached hydrogen (secondary N) is 1. The van der Waals surface area contributed by atoms with Crippen molar-refractivity contribution in [3.8, 4) is 0 Å². The number of likely N-dealkylation sites (N-methyl/N-ethyl adjacent to an activating group) is 2. The maximum atomic E-state index is 3.64. The van der Waals surface area contributed by atoms with Crippen LogP contribution < -0.4 is 5.32 Å². The summed E-state index contributed by atoms with van der Waals surface area (Å²) in [7, 11) is 4.45. The first kappa shape index (κ1) is 16.0. The largest absolute Gasteiger partial charge is 0.315 e. The minimum Gasteiger partial charge on any atom is -0.315 e. The molecule has 1 heterocycles. The monoisotopic (exact) mass is 339 g/mol. The molecule has 0 saturated carbocycles. The molecule has 0 aliphatic carbocycles. The molecule has 0 amide bonds. The summed E-state index contributed by atoms with van der Waals surface area (Å²) >= 11 is 3.54. The third kappa shape index (κ3) is 4.55. The number of piperazine rings is 1. The Morgan fingerprint density at radius 1 is 1.35 bits per heavy atom. The minimum absolute atomic E-state index is 0.541. The number of hydrogen-bond donors (Lipinski definition) is 1. The first-order valence-corrected chi connectivity index (χ1v) is 8.20. The first-order chi connectivity index (χ1) is 9.56. The molecule has 2 atom stereocenters. The number of hydrogen-bond acceptors (Lipinski definition) is 3. The Morgan fingerprint density at radius 3 is 2.90 bits per heavy atom. The van der Waals surface area contributed by atoms with Gasteiger partial charge in [-0.3, -0.25) is 4.90 Å². The SMILES string of the molecule is C[C@H](CNC[C@@H]1CN(C)CCN1C)c1cccc(Br)c1. The van der Waals surface area contributed by atoms with Crippen molar-refractivity contribution < 1.29 is 0 Å². The lowest BCUT2D eigenvalue weighted by atomic mass is 10.0. The molecule has 1 aliphatic rings. The van der Waals surface area contributed by atoms with Gasteiger partial charge >= 0.3 is 0 Å². The van der Waals surface area contributed by atoms with E-state index >= 15 is 0 Å². The zero-order valence-corrected chi connectivity index (χ0v) is 14.4. The van der Waals surface area contributed by atoms with E-state index in [9.17, 15) is 0 Å². The van der Waals surface area contributed by atoms with Gasteiger partial charge in [0.15, 0.2) is 0 Å². The Bertz CT molecular complexity index is 424. The van der Waals surface area contributed by atoms with Crippen LogP contribution in [-0.2, 0) is 0 Å². The highest BCUT2D eigenvalue weighted by atomic mass is 79.9. The fraction of sp³-hybridized carbons (Fsp3) is 0.625. The van der Waals surface area contributed by atoms with E-state index < -0.39 is 0 Å². The molecule has 1 saturated heterocycles. The van der Waals surface area contributed by atoms with Crippen molar-refractivity contribution in [1.29, 1.82) is 0 Å². The molecule has 4 heteroatoms. The molecule has 1 aromatic rings. The summed E-state index contributed by atoms with van der Waals surface area (Å²) in [5.41, 5.74) is 1.39. The van der Waals surface area contributed by atoms with Gasteiger partial charge in [0, 0.05) is 43.2 Å². The second-order valence-electron chi connectivity index (χ2n) is 6.01. The highest BCUT2D eigenvalue weighted by molar-refractivity contribution is 9.10. The van der Waals surface area contributed by atoms with Crippen LogP contribution >= 0.6 is 15.9 Å². The summed E-state index contributed by atoms with van der Waals surface area (Å²) in [6.07, 6.45) is 0. The molecule has 0 unspecified atom stereocenters. The fourth-order valence-electron chi connectivity index (χ4n) is 2.72. The van der Waals surface area contributed by atoms with Crippen LogP contribution in [-0.4, -0.2) is 62.7 Å². The molecule has 0 spiro atoms. The van der Waals surface area contributed by atoms with E-state index in [0.717, 1.165) is 24.1 Å². The van der Waals surface area contributed by atoms with Crippen LogP contribution in [0.3, 0.4) is 0 Å². The maximum Gasteiger partial charge on any atom is 0.0345 e. The van der Waals surface area contributed by atoms with Gasteiger partial charge in [-0.2, -0.15) is 0 Å². The second kappa shape index (κ2) is 7.55. The molecule has 1 fully saturated rings. The average Bonchev–Trinajstić information content (AvgIpc) is 2.42. The summed E-state index contributed by atoms with van der Waals surface area (Å²) in [5, 5.41) is 3.64. The van der Waals surface area contributed by atoms with Gasteiger partial charge in [0.05, 0.1) is 0 Å². The summed E-state index contributed by atoms with van der Waals surface area (Å²) in [6, 6.07) is 9.24. The lowest BCUT2D eigenvalue weighted by Gasteiger charge is -2.38. The Hall–Kier alpha value is -0.420.